The molecule has 104 valence electrons. The Morgan fingerprint density at radius 1 is 0.900 bits per heavy atom. The molecule has 0 bridgehead atoms. The molecule has 2 aromatic rings. The fraction of sp³-hybridized carbons (Fsp3) is 0.333. The van der Waals surface area contributed by atoms with E-state index in [9.17, 15) is 0 Å². The summed E-state index contributed by atoms with van der Waals surface area (Å²) in [4.78, 5) is 4.90. The summed E-state index contributed by atoms with van der Waals surface area (Å²) in [5.74, 6) is 0. The predicted octanol–water partition coefficient (Wildman–Crippen LogP) is 4.79. The van der Waals surface area contributed by atoms with Gasteiger partial charge in [0.1, 0.15) is 0 Å². The molecule has 2 heteroatoms. The van der Waals surface area contributed by atoms with Crippen LogP contribution in [0.25, 0.3) is 0 Å². The van der Waals surface area contributed by atoms with Crippen LogP contribution in [0.15, 0.2) is 54.6 Å². The van der Waals surface area contributed by atoms with Crippen LogP contribution in [0, 0.1) is 0 Å². The maximum Gasteiger partial charge on any atom is 0.0958 e. The van der Waals surface area contributed by atoms with E-state index in [1.54, 1.807) is 0 Å². The molecule has 0 fully saturated rings. The second kappa shape index (κ2) is 4.86. The molecule has 20 heavy (non-hydrogen) atoms. The maximum absolute atomic E-state index is 2.51. The van der Waals surface area contributed by atoms with E-state index < -0.39 is 0 Å². The van der Waals surface area contributed by atoms with Crippen LogP contribution in [0.5, 0.6) is 0 Å². The van der Waals surface area contributed by atoms with Gasteiger partial charge in [0, 0.05) is 11.2 Å². The SMILES string of the molecule is CCC(C)(C)N1CN(c2ccccc2)c2ccccc21. The summed E-state index contributed by atoms with van der Waals surface area (Å²) >= 11 is 0. The topological polar surface area (TPSA) is 6.48 Å². The smallest absolute Gasteiger partial charge is 0.0958 e. The second-order valence-electron chi connectivity index (χ2n) is 5.99. The molecule has 2 aromatic carbocycles. The number of nitrogens with zero attached hydrogens (tertiary/aromatic N) is 2. The van der Waals surface area contributed by atoms with Crippen molar-refractivity contribution in [3.8, 4) is 0 Å². The number of para-hydroxylation sites is 3. The normalized spacial score (nSPS) is 14.6. The van der Waals surface area contributed by atoms with E-state index in [0.29, 0.717) is 0 Å². The Labute approximate surface area is 121 Å². The van der Waals surface area contributed by atoms with Gasteiger partial charge in [0.2, 0.25) is 0 Å². The van der Waals surface area contributed by atoms with E-state index >= 15 is 0 Å². The number of fused-ring (bicyclic) bond motifs is 1. The van der Waals surface area contributed by atoms with Crippen molar-refractivity contribution in [3.05, 3.63) is 54.6 Å². The van der Waals surface area contributed by atoms with E-state index in [1.165, 1.54) is 17.1 Å². The third-order valence-electron chi connectivity index (χ3n) is 4.41. The number of hydrogen-bond acceptors (Lipinski definition) is 2. The maximum atomic E-state index is 2.51. The highest BCUT2D eigenvalue weighted by molar-refractivity contribution is 5.82. The first kappa shape index (κ1) is 13.0. The molecule has 0 unspecified atom stereocenters. The molecule has 0 radical (unpaired) electrons. The highest BCUT2D eigenvalue weighted by atomic mass is 15.4. The summed E-state index contributed by atoms with van der Waals surface area (Å²) in [7, 11) is 0. The van der Waals surface area contributed by atoms with Gasteiger partial charge in [-0.25, -0.2) is 0 Å². The van der Waals surface area contributed by atoms with Crippen molar-refractivity contribution >= 4 is 17.1 Å². The molecule has 0 N–H and O–H groups in total. The van der Waals surface area contributed by atoms with Crippen LogP contribution in [0.1, 0.15) is 27.2 Å². The van der Waals surface area contributed by atoms with Gasteiger partial charge in [0.25, 0.3) is 0 Å². The van der Waals surface area contributed by atoms with Crippen molar-refractivity contribution in [3.63, 3.8) is 0 Å². The fourth-order valence-corrected chi connectivity index (χ4v) is 2.75. The van der Waals surface area contributed by atoms with Crippen molar-refractivity contribution in [2.75, 3.05) is 16.5 Å². The molecule has 0 spiro atoms. The zero-order chi connectivity index (χ0) is 14.2. The van der Waals surface area contributed by atoms with Crippen LogP contribution in [-0.2, 0) is 0 Å². The van der Waals surface area contributed by atoms with Gasteiger partial charge in [0.05, 0.1) is 18.0 Å². The Morgan fingerprint density at radius 3 is 2.15 bits per heavy atom. The minimum absolute atomic E-state index is 0.166. The van der Waals surface area contributed by atoms with E-state index in [1.807, 2.05) is 0 Å². The van der Waals surface area contributed by atoms with Gasteiger partial charge in [-0.3, -0.25) is 0 Å². The first-order valence-electron chi connectivity index (χ1n) is 7.33. The van der Waals surface area contributed by atoms with Crippen molar-refractivity contribution in [2.24, 2.45) is 0 Å². The molecule has 1 aliphatic rings. The minimum atomic E-state index is 0.166. The third kappa shape index (κ3) is 2.05. The Balaban J connectivity index is 2.05. The molecular formula is C18H22N2. The Morgan fingerprint density at radius 2 is 1.50 bits per heavy atom. The van der Waals surface area contributed by atoms with E-state index in [-0.39, 0.29) is 5.54 Å². The van der Waals surface area contributed by atoms with Crippen molar-refractivity contribution in [1.82, 2.24) is 0 Å². The first-order chi connectivity index (χ1) is 9.63. The zero-order valence-electron chi connectivity index (χ0n) is 12.5. The molecular weight excluding hydrogens is 244 g/mol. The second-order valence-corrected chi connectivity index (χ2v) is 5.99. The molecule has 0 saturated carbocycles. The number of anilines is 3. The van der Waals surface area contributed by atoms with E-state index in [2.05, 4.69) is 85.2 Å². The van der Waals surface area contributed by atoms with Gasteiger partial charge in [-0.05, 0) is 44.5 Å². The molecule has 0 aromatic heterocycles. The van der Waals surface area contributed by atoms with E-state index in [4.69, 9.17) is 0 Å². The highest BCUT2D eigenvalue weighted by Gasteiger charge is 2.34. The molecule has 3 rings (SSSR count). The lowest BCUT2D eigenvalue weighted by Crippen LogP contribution is -2.44. The average Bonchev–Trinajstić information content (AvgIpc) is 2.88. The summed E-state index contributed by atoms with van der Waals surface area (Å²) in [6, 6.07) is 19.3. The summed E-state index contributed by atoms with van der Waals surface area (Å²) in [6.45, 7) is 7.81. The molecule has 0 amide bonds. The van der Waals surface area contributed by atoms with Crippen LogP contribution in [0.3, 0.4) is 0 Å². The van der Waals surface area contributed by atoms with Crippen LogP contribution in [0.4, 0.5) is 17.1 Å². The summed E-state index contributed by atoms with van der Waals surface area (Å²) in [6.07, 6.45) is 1.13. The number of rotatable bonds is 3. The highest BCUT2D eigenvalue weighted by Crippen LogP contribution is 2.43. The first-order valence-corrected chi connectivity index (χ1v) is 7.33. The van der Waals surface area contributed by atoms with Gasteiger partial charge < -0.3 is 9.80 Å². The summed E-state index contributed by atoms with van der Waals surface area (Å²) in [5, 5.41) is 0. The lowest BCUT2D eigenvalue weighted by atomic mass is 9.99. The van der Waals surface area contributed by atoms with Gasteiger partial charge in [-0.2, -0.15) is 0 Å². The third-order valence-corrected chi connectivity index (χ3v) is 4.41. The average molecular weight is 266 g/mol. The van der Waals surface area contributed by atoms with Crippen molar-refractivity contribution in [2.45, 2.75) is 32.7 Å². The molecule has 2 nitrogen and oxygen atoms in total. The lowest BCUT2D eigenvalue weighted by Gasteiger charge is -2.37. The van der Waals surface area contributed by atoms with Crippen molar-refractivity contribution < 1.29 is 0 Å². The van der Waals surface area contributed by atoms with Crippen LogP contribution in [0.2, 0.25) is 0 Å². The Kier molecular flexibility index (Phi) is 3.17. The van der Waals surface area contributed by atoms with Gasteiger partial charge >= 0.3 is 0 Å². The standard InChI is InChI=1S/C18H22N2/c1-4-18(2,3)20-14-19(15-10-6-5-7-11-15)16-12-8-9-13-17(16)20/h5-13H,4,14H2,1-3H3. The molecule has 0 aliphatic carbocycles. The lowest BCUT2D eigenvalue weighted by molar-refractivity contribution is 0.455. The van der Waals surface area contributed by atoms with E-state index in [0.717, 1.165) is 13.1 Å². The van der Waals surface area contributed by atoms with Crippen LogP contribution < -0.4 is 9.80 Å². The summed E-state index contributed by atoms with van der Waals surface area (Å²) < 4.78 is 0. The van der Waals surface area contributed by atoms with Crippen LogP contribution >= 0.6 is 0 Å². The van der Waals surface area contributed by atoms with Gasteiger partial charge in [-0.1, -0.05) is 37.3 Å². The Hall–Kier alpha value is -1.96. The quantitative estimate of drug-likeness (QED) is 0.788. The molecule has 0 saturated heterocycles. The largest absolute Gasteiger partial charge is 0.347 e. The number of hydrogen-bond donors (Lipinski definition) is 0. The molecule has 0 atom stereocenters. The van der Waals surface area contributed by atoms with Crippen LogP contribution in [-0.4, -0.2) is 12.2 Å². The zero-order valence-corrected chi connectivity index (χ0v) is 12.5. The fourth-order valence-electron chi connectivity index (χ4n) is 2.75. The molecule has 1 heterocycles. The number of benzene rings is 2. The van der Waals surface area contributed by atoms with Crippen molar-refractivity contribution in [1.29, 1.82) is 0 Å². The monoisotopic (exact) mass is 266 g/mol. The molecule has 1 aliphatic heterocycles. The van der Waals surface area contributed by atoms with Gasteiger partial charge in [0.15, 0.2) is 0 Å². The van der Waals surface area contributed by atoms with Gasteiger partial charge in [-0.15, -0.1) is 0 Å². The minimum Gasteiger partial charge on any atom is -0.347 e. The Bertz CT molecular complexity index is 589. The predicted molar refractivity (Wildman–Crippen MR) is 86.7 cm³/mol. The summed E-state index contributed by atoms with van der Waals surface area (Å²) in [5.41, 5.74) is 4.07.